The Labute approximate surface area is 210 Å². The van der Waals surface area contributed by atoms with Gasteiger partial charge < -0.3 is 14.8 Å². The lowest BCUT2D eigenvalue weighted by atomic mass is 9.87. The molecule has 0 aromatic heterocycles. The summed E-state index contributed by atoms with van der Waals surface area (Å²) in [4.78, 5) is 36.1. The van der Waals surface area contributed by atoms with Crippen molar-refractivity contribution < 1.29 is 23.9 Å². The first-order valence-corrected chi connectivity index (χ1v) is 11.3. The fraction of sp³-hybridized carbons (Fsp3) is 0.214. The molecule has 3 aromatic rings. The first-order chi connectivity index (χ1) is 17.1. The normalized spacial score (nSPS) is 11.1. The Morgan fingerprint density at radius 2 is 1.44 bits per heavy atom. The molecule has 0 radical (unpaired) electrons. The van der Waals surface area contributed by atoms with Crippen LogP contribution in [0.3, 0.4) is 0 Å². The van der Waals surface area contributed by atoms with Crippen LogP contribution in [0, 0.1) is 0 Å². The van der Waals surface area contributed by atoms with Crippen LogP contribution in [-0.4, -0.2) is 31.1 Å². The van der Waals surface area contributed by atoms with Crippen LogP contribution in [0.2, 0.25) is 0 Å². The minimum atomic E-state index is -0.456. The van der Waals surface area contributed by atoms with Crippen molar-refractivity contribution in [3.63, 3.8) is 0 Å². The summed E-state index contributed by atoms with van der Waals surface area (Å²) in [6.07, 6.45) is 1.44. The van der Waals surface area contributed by atoms with E-state index < -0.39 is 11.9 Å². The number of benzene rings is 3. The highest BCUT2D eigenvalue weighted by molar-refractivity contribution is 6.04. The van der Waals surface area contributed by atoms with Gasteiger partial charge in [0.1, 0.15) is 0 Å². The Kier molecular flexibility index (Phi) is 8.22. The minimum Gasteiger partial charge on any atom is -0.493 e. The first-order valence-electron chi connectivity index (χ1n) is 11.3. The van der Waals surface area contributed by atoms with E-state index >= 15 is 0 Å². The lowest BCUT2D eigenvalue weighted by Crippen LogP contribution is -2.18. The molecular weight excluding hydrogens is 458 g/mol. The van der Waals surface area contributed by atoms with E-state index in [-0.39, 0.29) is 11.3 Å². The molecule has 0 saturated heterocycles. The molecule has 0 saturated carbocycles. The lowest BCUT2D eigenvalue weighted by molar-refractivity contribution is -0.132. The summed E-state index contributed by atoms with van der Waals surface area (Å²) in [5, 5.41) is 6.79. The number of anilines is 1. The number of nitrogens with zero attached hydrogens (tertiary/aromatic N) is 1. The highest BCUT2D eigenvalue weighted by Crippen LogP contribution is 2.27. The Morgan fingerprint density at radius 3 is 2.03 bits per heavy atom. The van der Waals surface area contributed by atoms with E-state index in [1.54, 1.807) is 54.6 Å². The molecule has 0 aliphatic carbocycles. The predicted octanol–water partition coefficient (Wildman–Crippen LogP) is 4.93. The van der Waals surface area contributed by atoms with Crippen molar-refractivity contribution in [1.82, 2.24) is 5.43 Å². The second-order valence-corrected chi connectivity index (χ2v) is 9.06. The van der Waals surface area contributed by atoms with Crippen molar-refractivity contribution in [3.05, 3.63) is 89.0 Å². The monoisotopic (exact) mass is 487 g/mol. The van der Waals surface area contributed by atoms with Gasteiger partial charge in [-0.05, 0) is 71.1 Å². The average Bonchev–Trinajstić information content (AvgIpc) is 2.84. The zero-order valence-corrected chi connectivity index (χ0v) is 20.9. The predicted molar refractivity (Wildman–Crippen MR) is 139 cm³/mol. The van der Waals surface area contributed by atoms with E-state index in [0.717, 1.165) is 5.56 Å². The molecule has 0 fully saturated rings. The van der Waals surface area contributed by atoms with Crippen LogP contribution in [0.15, 0.2) is 71.8 Å². The molecule has 8 nitrogen and oxygen atoms in total. The van der Waals surface area contributed by atoms with Crippen LogP contribution >= 0.6 is 0 Å². The Morgan fingerprint density at radius 1 is 0.833 bits per heavy atom. The molecule has 8 heteroatoms. The summed E-state index contributed by atoms with van der Waals surface area (Å²) < 4.78 is 10.3. The second-order valence-electron chi connectivity index (χ2n) is 9.06. The van der Waals surface area contributed by atoms with Crippen molar-refractivity contribution in [1.29, 1.82) is 0 Å². The second kappa shape index (κ2) is 11.3. The molecule has 36 heavy (non-hydrogen) atoms. The molecule has 0 bridgehead atoms. The molecule has 0 atom stereocenters. The van der Waals surface area contributed by atoms with E-state index in [1.807, 2.05) is 12.1 Å². The van der Waals surface area contributed by atoms with E-state index in [2.05, 4.69) is 36.6 Å². The highest BCUT2D eigenvalue weighted by Gasteiger charge is 2.14. The number of esters is 1. The number of amides is 2. The number of carbonyl (C=O) groups is 3. The third kappa shape index (κ3) is 7.02. The molecule has 186 valence electrons. The summed E-state index contributed by atoms with van der Waals surface area (Å²) in [6, 6.07) is 18.9. The Bertz CT molecular complexity index is 1270. The average molecular weight is 488 g/mol. The first kappa shape index (κ1) is 26.2. The van der Waals surface area contributed by atoms with Crippen LogP contribution < -0.4 is 20.2 Å². The maximum atomic E-state index is 12.5. The number of rotatable bonds is 7. The molecular formula is C28H29N3O5. The molecule has 2 amide bonds. The van der Waals surface area contributed by atoms with E-state index in [0.29, 0.717) is 33.9 Å². The van der Waals surface area contributed by atoms with E-state index in [9.17, 15) is 14.4 Å². The molecule has 0 spiro atoms. The van der Waals surface area contributed by atoms with Crippen LogP contribution in [0.4, 0.5) is 5.69 Å². The van der Waals surface area contributed by atoms with Crippen LogP contribution in [-0.2, 0) is 10.2 Å². The fourth-order valence-corrected chi connectivity index (χ4v) is 3.26. The van der Waals surface area contributed by atoms with Gasteiger partial charge in [0.2, 0.25) is 0 Å². The summed E-state index contributed by atoms with van der Waals surface area (Å²) >= 11 is 0. The summed E-state index contributed by atoms with van der Waals surface area (Å²) in [5.41, 5.74) is 5.75. The number of hydrogen-bond donors (Lipinski definition) is 2. The van der Waals surface area contributed by atoms with Crippen molar-refractivity contribution in [3.8, 4) is 11.5 Å². The van der Waals surface area contributed by atoms with Crippen molar-refractivity contribution in [2.45, 2.75) is 33.1 Å². The van der Waals surface area contributed by atoms with Crippen LogP contribution in [0.1, 0.15) is 59.5 Å². The van der Waals surface area contributed by atoms with Gasteiger partial charge in [0.15, 0.2) is 11.5 Å². The third-order valence-electron chi connectivity index (χ3n) is 5.24. The number of carbonyl (C=O) groups excluding carboxylic acids is 3. The molecule has 0 heterocycles. The Hall–Kier alpha value is -4.46. The molecule has 0 aliphatic rings. The number of methoxy groups -OCH3 is 1. The van der Waals surface area contributed by atoms with Gasteiger partial charge in [-0.3, -0.25) is 14.4 Å². The molecule has 0 unspecified atom stereocenters. The molecule has 2 N–H and O–H groups in total. The van der Waals surface area contributed by atoms with Gasteiger partial charge in [-0.2, -0.15) is 5.10 Å². The third-order valence-corrected chi connectivity index (χ3v) is 5.24. The maximum absolute atomic E-state index is 12.5. The number of ether oxygens (including phenoxy) is 2. The van der Waals surface area contributed by atoms with Crippen LogP contribution in [0.5, 0.6) is 11.5 Å². The maximum Gasteiger partial charge on any atom is 0.308 e. The fourth-order valence-electron chi connectivity index (χ4n) is 3.26. The topological polar surface area (TPSA) is 106 Å². The number of hydrazone groups is 1. The SMILES string of the molecule is COc1cc(/C=N/NC(=O)c2ccc(NC(=O)c3ccc(C(C)(C)C)cc3)cc2)ccc1OC(C)=O. The Balaban J connectivity index is 1.58. The molecule has 0 aliphatic heterocycles. The minimum absolute atomic E-state index is 0.0121. The highest BCUT2D eigenvalue weighted by atomic mass is 16.6. The summed E-state index contributed by atoms with van der Waals surface area (Å²) in [5.74, 6) is -0.441. The van der Waals surface area contributed by atoms with Crippen LogP contribution in [0.25, 0.3) is 0 Å². The van der Waals surface area contributed by atoms with Crippen molar-refractivity contribution in [2.75, 3.05) is 12.4 Å². The van der Waals surface area contributed by atoms with E-state index in [1.165, 1.54) is 20.2 Å². The molecule has 3 rings (SSSR count). The van der Waals surface area contributed by atoms with Gasteiger partial charge in [-0.25, -0.2) is 5.43 Å². The van der Waals surface area contributed by atoms with Gasteiger partial charge >= 0.3 is 5.97 Å². The summed E-state index contributed by atoms with van der Waals surface area (Å²) in [6.45, 7) is 7.65. The standard InChI is InChI=1S/C28H29N3O5/c1-18(32)36-24-15-6-19(16-25(24)35-5)17-29-31-27(34)21-9-13-23(14-10-21)30-26(33)20-7-11-22(12-8-20)28(2,3)4/h6-17H,1-5H3,(H,30,33)(H,31,34)/b29-17+. The smallest absolute Gasteiger partial charge is 0.308 e. The zero-order valence-electron chi connectivity index (χ0n) is 20.9. The quantitative estimate of drug-likeness (QED) is 0.213. The van der Waals surface area contributed by atoms with Gasteiger partial charge in [-0.15, -0.1) is 0 Å². The van der Waals surface area contributed by atoms with Crippen molar-refractivity contribution in [2.24, 2.45) is 5.10 Å². The van der Waals surface area contributed by atoms with Gasteiger partial charge in [0.05, 0.1) is 13.3 Å². The number of nitrogens with one attached hydrogen (secondary N) is 2. The van der Waals surface area contributed by atoms with Crippen molar-refractivity contribution >= 4 is 29.7 Å². The van der Waals surface area contributed by atoms with Gasteiger partial charge in [0.25, 0.3) is 11.8 Å². The van der Waals surface area contributed by atoms with Gasteiger partial charge in [-0.1, -0.05) is 32.9 Å². The summed E-state index contributed by atoms with van der Waals surface area (Å²) in [7, 11) is 1.46. The zero-order chi connectivity index (χ0) is 26.3. The molecule has 3 aromatic carbocycles. The largest absolute Gasteiger partial charge is 0.493 e. The lowest BCUT2D eigenvalue weighted by Gasteiger charge is -2.19. The van der Waals surface area contributed by atoms with E-state index in [4.69, 9.17) is 9.47 Å². The number of hydrogen-bond acceptors (Lipinski definition) is 6. The van der Waals surface area contributed by atoms with Gasteiger partial charge in [0, 0.05) is 23.7 Å².